The first-order chi connectivity index (χ1) is 9.50. The van der Waals surface area contributed by atoms with Crippen LogP contribution < -0.4 is 0 Å². The number of nitrogens with zero attached hydrogens (tertiary/aromatic N) is 2. The summed E-state index contributed by atoms with van der Waals surface area (Å²) in [6, 6.07) is 3.37. The molecular formula is C13H18N2O4S. The molecule has 0 atom stereocenters. The van der Waals surface area contributed by atoms with E-state index < -0.39 is 16.0 Å². The molecule has 2 aliphatic rings. The fourth-order valence-electron chi connectivity index (χ4n) is 2.84. The Hall–Kier alpha value is -1.34. The summed E-state index contributed by atoms with van der Waals surface area (Å²) in [4.78, 5) is 11.1. The van der Waals surface area contributed by atoms with Gasteiger partial charge in [-0.3, -0.25) is 0 Å². The third-order valence-electron chi connectivity index (χ3n) is 4.12. The number of rotatable bonds is 4. The number of aromatic carboxylic acids is 1. The van der Waals surface area contributed by atoms with E-state index in [1.54, 1.807) is 27.2 Å². The molecule has 0 unspecified atom stereocenters. The highest BCUT2D eigenvalue weighted by Crippen LogP contribution is 2.34. The summed E-state index contributed by atoms with van der Waals surface area (Å²) < 4.78 is 27.6. The molecule has 0 aromatic carbocycles. The predicted molar refractivity (Wildman–Crippen MR) is 73.2 cm³/mol. The maximum Gasteiger partial charge on any atom is 0.352 e. The molecule has 1 aromatic rings. The maximum absolute atomic E-state index is 12.1. The van der Waals surface area contributed by atoms with Crippen LogP contribution in [0.15, 0.2) is 18.3 Å². The van der Waals surface area contributed by atoms with Crippen LogP contribution >= 0.6 is 0 Å². The number of sulfonamides is 1. The van der Waals surface area contributed by atoms with E-state index in [9.17, 15) is 13.2 Å². The summed E-state index contributed by atoms with van der Waals surface area (Å²) in [6.07, 6.45) is 4.66. The molecule has 1 aliphatic carbocycles. The largest absolute Gasteiger partial charge is 0.477 e. The zero-order chi connectivity index (χ0) is 14.3. The van der Waals surface area contributed by atoms with Crippen molar-refractivity contribution in [2.75, 3.05) is 13.1 Å². The van der Waals surface area contributed by atoms with Gasteiger partial charge in [-0.05, 0) is 37.8 Å². The summed E-state index contributed by atoms with van der Waals surface area (Å²) in [5, 5.41) is 8.95. The Bertz CT molecular complexity index is 610. The molecule has 2 heterocycles. The Labute approximate surface area is 118 Å². The maximum atomic E-state index is 12.1. The Kier molecular flexibility index (Phi) is 3.33. The Morgan fingerprint density at radius 1 is 1.20 bits per heavy atom. The molecule has 1 N–H and O–H groups in total. The predicted octanol–water partition coefficient (Wildman–Crippen LogP) is 1.32. The highest BCUT2D eigenvalue weighted by Gasteiger charge is 2.41. The highest BCUT2D eigenvalue weighted by atomic mass is 32.2. The lowest BCUT2D eigenvalue weighted by Gasteiger charge is -2.32. The van der Waals surface area contributed by atoms with Crippen molar-refractivity contribution in [2.45, 2.75) is 37.0 Å². The molecule has 0 bridgehead atoms. The molecule has 1 saturated heterocycles. The third-order valence-corrected chi connectivity index (χ3v) is 6.52. The SMILES string of the molecule is O=C(O)c1cccn1C1CCN(S(=O)(=O)C2CC2)CC1. The van der Waals surface area contributed by atoms with Gasteiger partial charge in [0.05, 0.1) is 5.25 Å². The van der Waals surface area contributed by atoms with Gasteiger partial charge in [0.2, 0.25) is 10.0 Å². The lowest BCUT2D eigenvalue weighted by atomic mass is 10.1. The molecule has 0 radical (unpaired) electrons. The summed E-state index contributed by atoms with van der Waals surface area (Å²) in [6.45, 7) is 0.974. The van der Waals surface area contributed by atoms with Gasteiger partial charge in [0.15, 0.2) is 0 Å². The van der Waals surface area contributed by atoms with E-state index in [4.69, 9.17) is 5.11 Å². The lowest BCUT2D eigenvalue weighted by Crippen LogP contribution is -2.40. The van der Waals surface area contributed by atoms with Crippen molar-refractivity contribution in [3.8, 4) is 0 Å². The summed E-state index contributed by atoms with van der Waals surface area (Å²) in [5.41, 5.74) is 0.272. The van der Waals surface area contributed by atoms with Gasteiger partial charge >= 0.3 is 5.97 Å². The number of carbonyl (C=O) groups is 1. The monoisotopic (exact) mass is 298 g/mol. The Morgan fingerprint density at radius 2 is 1.85 bits per heavy atom. The number of aromatic nitrogens is 1. The van der Waals surface area contributed by atoms with Crippen LogP contribution in [0.1, 0.15) is 42.2 Å². The van der Waals surface area contributed by atoms with E-state index in [2.05, 4.69) is 0 Å². The van der Waals surface area contributed by atoms with Crippen molar-refractivity contribution in [3.05, 3.63) is 24.0 Å². The van der Waals surface area contributed by atoms with E-state index in [0.29, 0.717) is 25.9 Å². The number of hydrogen-bond donors (Lipinski definition) is 1. The van der Waals surface area contributed by atoms with Crippen molar-refractivity contribution in [3.63, 3.8) is 0 Å². The zero-order valence-electron chi connectivity index (χ0n) is 11.1. The zero-order valence-corrected chi connectivity index (χ0v) is 11.9. The average Bonchev–Trinajstić information content (AvgIpc) is 3.17. The van der Waals surface area contributed by atoms with Gasteiger partial charge in [0, 0.05) is 25.3 Å². The van der Waals surface area contributed by atoms with Crippen LogP contribution in [0.4, 0.5) is 0 Å². The standard InChI is InChI=1S/C13H18N2O4S/c16-13(17)12-2-1-7-15(12)10-5-8-14(9-6-10)20(18,19)11-3-4-11/h1-2,7,10-11H,3-6,8-9H2,(H,16,17). The number of carboxylic acids is 1. The van der Waals surface area contributed by atoms with E-state index in [0.717, 1.165) is 12.8 Å². The minimum absolute atomic E-state index is 0.0711. The smallest absolute Gasteiger partial charge is 0.352 e. The molecule has 20 heavy (non-hydrogen) atoms. The van der Waals surface area contributed by atoms with Crippen LogP contribution in [0.25, 0.3) is 0 Å². The van der Waals surface area contributed by atoms with Crippen molar-refractivity contribution in [1.29, 1.82) is 0 Å². The molecule has 2 fully saturated rings. The molecule has 0 amide bonds. The van der Waals surface area contributed by atoms with Crippen LogP contribution in [-0.2, 0) is 10.0 Å². The summed E-state index contributed by atoms with van der Waals surface area (Å²) in [5.74, 6) is -0.942. The second kappa shape index (κ2) is 4.89. The molecule has 7 heteroatoms. The van der Waals surface area contributed by atoms with E-state index in [1.165, 1.54) is 0 Å². The van der Waals surface area contributed by atoms with E-state index >= 15 is 0 Å². The molecule has 1 aliphatic heterocycles. The van der Waals surface area contributed by atoms with Gasteiger partial charge in [0.1, 0.15) is 5.69 Å². The third kappa shape index (κ3) is 2.35. The van der Waals surface area contributed by atoms with E-state index in [-0.39, 0.29) is 17.0 Å². The normalized spacial score (nSPS) is 22.0. The van der Waals surface area contributed by atoms with Gasteiger partial charge in [-0.1, -0.05) is 0 Å². The molecule has 1 saturated carbocycles. The van der Waals surface area contributed by atoms with Crippen LogP contribution in [0.5, 0.6) is 0 Å². The molecular weight excluding hydrogens is 280 g/mol. The first kappa shape index (κ1) is 13.6. The number of hydrogen-bond acceptors (Lipinski definition) is 3. The summed E-state index contributed by atoms with van der Waals surface area (Å²) >= 11 is 0. The molecule has 1 aromatic heterocycles. The van der Waals surface area contributed by atoms with Crippen LogP contribution in [0.3, 0.4) is 0 Å². The van der Waals surface area contributed by atoms with Crippen LogP contribution in [-0.4, -0.2) is 46.7 Å². The van der Waals surface area contributed by atoms with Gasteiger partial charge < -0.3 is 9.67 Å². The van der Waals surface area contributed by atoms with Crippen molar-refractivity contribution >= 4 is 16.0 Å². The van der Waals surface area contributed by atoms with Gasteiger partial charge in [-0.25, -0.2) is 17.5 Å². The first-order valence-corrected chi connectivity index (χ1v) is 8.39. The van der Waals surface area contributed by atoms with Gasteiger partial charge in [-0.15, -0.1) is 0 Å². The molecule has 3 rings (SSSR count). The van der Waals surface area contributed by atoms with Crippen molar-refractivity contribution in [1.82, 2.24) is 8.87 Å². The summed E-state index contributed by atoms with van der Waals surface area (Å²) in [7, 11) is -3.10. The minimum Gasteiger partial charge on any atom is -0.477 e. The van der Waals surface area contributed by atoms with E-state index in [1.807, 2.05) is 0 Å². The van der Waals surface area contributed by atoms with Gasteiger partial charge in [-0.2, -0.15) is 0 Å². The second-order valence-corrected chi connectivity index (χ2v) is 7.69. The fraction of sp³-hybridized carbons (Fsp3) is 0.615. The first-order valence-electron chi connectivity index (χ1n) is 6.89. The molecule has 6 nitrogen and oxygen atoms in total. The minimum atomic E-state index is -3.10. The Morgan fingerprint density at radius 3 is 2.40 bits per heavy atom. The average molecular weight is 298 g/mol. The van der Waals surface area contributed by atoms with Crippen LogP contribution in [0.2, 0.25) is 0 Å². The number of carboxylic acid groups (broad SMARTS) is 1. The lowest BCUT2D eigenvalue weighted by molar-refractivity contribution is 0.0680. The van der Waals surface area contributed by atoms with Gasteiger partial charge in [0.25, 0.3) is 0 Å². The second-order valence-electron chi connectivity index (χ2n) is 5.48. The molecule has 0 spiro atoms. The van der Waals surface area contributed by atoms with Crippen molar-refractivity contribution in [2.24, 2.45) is 0 Å². The van der Waals surface area contributed by atoms with Crippen LogP contribution in [0, 0.1) is 0 Å². The molecule has 110 valence electrons. The topological polar surface area (TPSA) is 79.6 Å². The quantitative estimate of drug-likeness (QED) is 0.909. The van der Waals surface area contributed by atoms with Crippen molar-refractivity contribution < 1.29 is 18.3 Å². The fourth-order valence-corrected chi connectivity index (χ4v) is 4.72. The Balaban J connectivity index is 1.69. The number of piperidine rings is 1. The highest BCUT2D eigenvalue weighted by molar-refractivity contribution is 7.90.